The average molecular weight is 448 g/mol. The Bertz CT molecular complexity index is 997. The molecule has 30 heavy (non-hydrogen) atoms. The number of thioether (sulfide) groups is 1. The molecule has 3 aromatic rings. The largest absolute Gasteiger partial charge is 0.351 e. The molecule has 1 amide bonds. The topological polar surface area (TPSA) is 72.7 Å². The van der Waals surface area contributed by atoms with Crippen molar-refractivity contribution in [1.29, 1.82) is 0 Å². The summed E-state index contributed by atoms with van der Waals surface area (Å²) in [5, 5.41) is 13.2. The van der Waals surface area contributed by atoms with E-state index in [1.807, 2.05) is 13.2 Å². The minimum absolute atomic E-state index is 0.133. The summed E-state index contributed by atoms with van der Waals surface area (Å²) >= 11 is 2.92. The number of carbonyl (C=O) groups excluding carboxylic acids is 1. The Morgan fingerprint density at radius 1 is 1.27 bits per heavy atom. The number of aromatic nitrogens is 4. The molecular formula is C21H26FN5OS2. The van der Waals surface area contributed by atoms with Crippen molar-refractivity contribution in [2.24, 2.45) is 5.92 Å². The molecule has 0 bridgehead atoms. The molecule has 0 saturated heterocycles. The molecule has 0 atom stereocenters. The lowest BCUT2D eigenvalue weighted by Gasteiger charge is -2.11. The number of amides is 1. The van der Waals surface area contributed by atoms with E-state index in [1.165, 1.54) is 23.5 Å². The molecule has 160 valence electrons. The van der Waals surface area contributed by atoms with Crippen LogP contribution in [0.1, 0.15) is 41.5 Å². The van der Waals surface area contributed by atoms with Gasteiger partial charge in [0.15, 0.2) is 5.16 Å². The van der Waals surface area contributed by atoms with Gasteiger partial charge in [-0.15, -0.1) is 21.5 Å². The van der Waals surface area contributed by atoms with Crippen molar-refractivity contribution >= 4 is 29.0 Å². The summed E-state index contributed by atoms with van der Waals surface area (Å²) < 4.78 is 15.3. The van der Waals surface area contributed by atoms with E-state index >= 15 is 0 Å². The predicted octanol–water partition coefficient (Wildman–Crippen LogP) is 4.59. The van der Waals surface area contributed by atoms with Crippen molar-refractivity contribution in [3.8, 4) is 10.6 Å². The third kappa shape index (κ3) is 5.46. The highest BCUT2D eigenvalue weighted by Gasteiger charge is 2.17. The number of nitrogens with one attached hydrogen (secondary N) is 1. The first-order chi connectivity index (χ1) is 14.4. The summed E-state index contributed by atoms with van der Waals surface area (Å²) in [4.78, 5) is 17.7. The maximum atomic E-state index is 13.1. The van der Waals surface area contributed by atoms with Crippen LogP contribution in [0.5, 0.6) is 0 Å². The summed E-state index contributed by atoms with van der Waals surface area (Å²) in [5.41, 5.74) is 1.48. The minimum atomic E-state index is -0.293. The number of benzene rings is 1. The lowest BCUT2D eigenvalue weighted by atomic mass is 10.2. The lowest BCUT2D eigenvalue weighted by molar-refractivity contribution is 0.0956. The molecule has 0 aliphatic rings. The van der Waals surface area contributed by atoms with E-state index in [0.717, 1.165) is 35.9 Å². The molecule has 1 aromatic carbocycles. The number of nitrogens with zero attached hydrogens (tertiary/aromatic N) is 4. The molecular weight excluding hydrogens is 421 g/mol. The van der Waals surface area contributed by atoms with Gasteiger partial charge >= 0.3 is 0 Å². The van der Waals surface area contributed by atoms with E-state index < -0.39 is 0 Å². The van der Waals surface area contributed by atoms with Gasteiger partial charge in [0.25, 0.3) is 5.91 Å². The Morgan fingerprint density at radius 2 is 2.00 bits per heavy atom. The summed E-state index contributed by atoms with van der Waals surface area (Å²) in [5.74, 6) is 1.04. The van der Waals surface area contributed by atoms with Crippen LogP contribution in [0.3, 0.4) is 0 Å². The van der Waals surface area contributed by atoms with Crippen molar-refractivity contribution in [1.82, 2.24) is 25.1 Å². The predicted molar refractivity (Wildman–Crippen MR) is 120 cm³/mol. The van der Waals surface area contributed by atoms with Gasteiger partial charge in [-0.05, 0) is 49.8 Å². The van der Waals surface area contributed by atoms with Crippen LogP contribution >= 0.6 is 23.1 Å². The zero-order valence-electron chi connectivity index (χ0n) is 17.6. The van der Waals surface area contributed by atoms with E-state index in [4.69, 9.17) is 0 Å². The molecule has 0 aliphatic carbocycles. The smallest absolute Gasteiger partial charge is 0.263 e. The Morgan fingerprint density at radius 3 is 2.67 bits per heavy atom. The molecule has 2 heterocycles. The monoisotopic (exact) mass is 447 g/mol. The Hall–Kier alpha value is -2.26. The van der Waals surface area contributed by atoms with Crippen molar-refractivity contribution in [3.05, 3.63) is 46.5 Å². The number of hydrogen-bond acceptors (Lipinski definition) is 6. The second-order valence-electron chi connectivity index (χ2n) is 7.41. The molecule has 6 nitrogen and oxygen atoms in total. The van der Waals surface area contributed by atoms with Gasteiger partial charge < -0.3 is 9.88 Å². The maximum absolute atomic E-state index is 13.1. The average Bonchev–Trinajstić information content (AvgIpc) is 3.28. The van der Waals surface area contributed by atoms with Crippen molar-refractivity contribution < 1.29 is 9.18 Å². The number of thiazole rings is 1. The third-order valence-corrected chi connectivity index (χ3v) is 6.35. The fourth-order valence-electron chi connectivity index (χ4n) is 3.06. The van der Waals surface area contributed by atoms with Gasteiger partial charge in [-0.3, -0.25) is 4.79 Å². The number of halogens is 1. The molecule has 0 radical (unpaired) electrons. The van der Waals surface area contributed by atoms with Crippen LogP contribution in [0.4, 0.5) is 4.39 Å². The van der Waals surface area contributed by atoms with Gasteiger partial charge in [0.05, 0.1) is 5.69 Å². The van der Waals surface area contributed by atoms with Crippen molar-refractivity contribution in [2.45, 2.75) is 45.3 Å². The Kier molecular flexibility index (Phi) is 7.60. The number of carbonyl (C=O) groups is 1. The fraction of sp³-hybridized carbons (Fsp3) is 0.429. The van der Waals surface area contributed by atoms with Crippen LogP contribution in [0.25, 0.3) is 10.6 Å². The summed E-state index contributed by atoms with van der Waals surface area (Å²) in [6.45, 7) is 7.59. The Labute approximate surface area is 184 Å². The van der Waals surface area contributed by atoms with Gasteiger partial charge in [-0.25, -0.2) is 9.37 Å². The van der Waals surface area contributed by atoms with Crippen LogP contribution in [0.15, 0.2) is 29.4 Å². The first-order valence-electron chi connectivity index (χ1n) is 9.86. The molecule has 0 spiro atoms. The summed E-state index contributed by atoms with van der Waals surface area (Å²) in [7, 11) is 0. The summed E-state index contributed by atoms with van der Waals surface area (Å²) in [6, 6.07) is 6.13. The van der Waals surface area contributed by atoms with Crippen LogP contribution in [0, 0.1) is 18.7 Å². The fourth-order valence-corrected chi connectivity index (χ4v) is 4.57. The second-order valence-corrected chi connectivity index (χ2v) is 9.18. The van der Waals surface area contributed by atoms with Gasteiger partial charge in [0, 0.05) is 25.1 Å². The normalized spacial score (nSPS) is 11.3. The second kappa shape index (κ2) is 10.2. The van der Waals surface area contributed by atoms with Crippen LogP contribution in [-0.4, -0.2) is 38.5 Å². The maximum Gasteiger partial charge on any atom is 0.263 e. The molecule has 0 unspecified atom stereocenters. The molecule has 0 saturated carbocycles. The lowest BCUT2D eigenvalue weighted by Crippen LogP contribution is -2.25. The molecule has 0 aliphatic heterocycles. The first kappa shape index (κ1) is 22.4. The number of rotatable bonds is 9. The minimum Gasteiger partial charge on any atom is -0.351 e. The highest BCUT2D eigenvalue weighted by atomic mass is 32.2. The highest BCUT2D eigenvalue weighted by molar-refractivity contribution is 7.98. The van der Waals surface area contributed by atoms with E-state index in [0.29, 0.717) is 28.0 Å². The van der Waals surface area contributed by atoms with E-state index in [9.17, 15) is 9.18 Å². The van der Waals surface area contributed by atoms with Gasteiger partial charge in [0.1, 0.15) is 21.5 Å². The van der Waals surface area contributed by atoms with Gasteiger partial charge in [-0.2, -0.15) is 0 Å². The van der Waals surface area contributed by atoms with E-state index in [1.54, 1.807) is 23.9 Å². The number of aryl methyl sites for hydroxylation is 2. The van der Waals surface area contributed by atoms with Crippen molar-refractivity contribution in [3.63, 3.8) is 0 Å². The van der Waals surface area contributed by atoms with Crippen LogP contribution in [0.2, 0.25) is 0 Å². The van der Waals surface area contributed by atoms with E-state index in [2.05, 4.69) is 38.9 Å². The third-order valence-electron chi connectivity index (χ3n) is 4.48. The Balaban J connectivity index is 1.57. The van der Waals surface area contributed by atoms with Crippen LogP contribution < -0.4 is 5.32 Å². The van der Waals surface area contributed by atoms with E-state index in [-0.39, 0.29) is 11.7 Å². The molecule has 3 rings (SSSR count). The molecule has 2 aromatic heterocycles. The van der Waals surface area contributed by atoms with Gasteiger partial charge in [0.2, 0.25) is 0 Å². The van der Waals surface area contributed by atoms with Gasteiger partial charge in [-0.1, -0.05) is 25.6 Å². The summed E-state index contributed by atoms with van der Waals surface area (Å²) in [6.07, 6.45) is 3.53. The SMILES string of the molecule is CSc1nnc(CCCNC(=O)c2sc(-c3ccc(F)cc3)nc2C)n1CC(C)C. The molecule has 1 N–H and O–H groups in total. The highest BCUT2D eigenvalue weighted by Crippen LogP contribution is 2.28. The van der Waals surface area contributed by atoms with Crippen LogP contribution in [-0.2, 0) is 13.0 Å². The quantitative estimate of drug-likeness (QED) is 0.384. The molecule has 0 fully saturated rings. The zero-order valence-corrected chi connectivity index (χ0v) is 19.2. The zero-order chi connectivity index (χ0) is 21.7. The standard InChI is InChI=1S/C21H26FN5OS2/c1-13(2)12-27-17(25-26-21(27)29-4)6-5-11-23-19(28)18-14(3)24-20(30-18)15-7-9-16(22)10-8-15/h7-10,13H,5-6,11-12H2,1-4H3,(H,23,28). The molecule has 9 heteroatoms. The number of hydrogen-bond donors (Lipinski definition) is 1. The first-order valence-corrected chi connectivity index (χ1v) is 11.9. The van der Waals surface area contributed by atoms with Crippen molar-refractivity contribution in [2.75, 3.05) is 12.8 Å².